The molecule has 0 atom stereocenters. The average Bonchev–Trinajstić information content (AvgIpc) is 2.61. The van der Waals surface area contributed by atoms with Gasteiger partial charge in [-0.1, -0.05) is 22.0 Å². The largest absolute Gasteiger partial charge is 0.361 e. The summed E-state index contributed by atoms with van der Waals surface area (Å²) < 4.78 is 1.04. The monoisotopic (exact) mass is 262 g/mol. The molecule has 1 aromatic heterocycles. The lowest BCUT2D eigenvalue weighted by Gasteiger charge is -2.13. The molecule has 0 fully saturated rings. The van der Waals surface area contributed by atoms with Gasteiger partial charge in [0, 0.05) is 21.6 Å². The fraction of sp³-hybridized carbons (Fsp3) is 0.250. The molecule has 0 unspecified atom stereocenters. The Bertz CT molecular complexity index is 546. The molecule has 3 heteroatoms. The van der Waals surface area contributed by atoms with E-state index in [1.807, 2.05) is 38.2 Å². The van der Waals surface area contributed by atoms with Crippen LogP contribution in [0, 0.1) is 11.3 Å². The van der Waals surface area contributed by atoms with Crippen molar-refractivity contribution in [3.63, 3.8) is 0 Å². The first-order chi connectivity index (χ1) is 7.04. The number of nitrogens with zero attached hydrogens (tertiary/aromatic N) is 1. The van der Waals surface area contributed by atoms with Crippen LogP contribution in [-0.2, 0) is 5.41 Å². The quantitative estimate of drug-likeness (QED) is 0.836. The molecule has 0 aliphatic carbocycles. The van der Waals surface area contributed by atoms with E-state index in [0.29, 0.717) is 0 Å². The minimum Gasteiger partial charge on any atom is -0.361 e. The maximum absolute atomic E-state index is 9.11. The van der Waals surface area contributed by atoms with Gasteiger partial charge in [-0.2, -0.15) is 5.26 Å². The Hall–Kier alpha value is -1.27. The lowest BCUT2D eigenvalue weighted by atomic mass is 9.86. The molecule has 1 N–H and O–H groups in total. The van der Waals surface area contributed by atoms with Crippen LogP contribution in [0.1, 0.15) is 19.4 Å². The van der Waals surface area contributed by atoms with Crippen LogP contribution in [0.2, 0.25) is 0 Å². The van der Waals surface area contributed by atoms with Crippen LogP contribution in [0.15, 0.2) is 28.9 Å². The van der Waals surface area contributed by atoms with E-state index in [1.54, 1.807) is 0 Å². The minimum atomic E-state index is -0.452. The number of benzene rings is 1. The zero-order valence-electron chi connectivity index (χ0n) is 8.63. The molecule has 2 rings (SSSR count). The van der Waals surface area contributed by atoms with Crippen molar-refractivity contribution in [2.45, 2.75) is 19.3 Å². The molecule has 0 saturated heterocycles. The lowest BCUT2D eigenvalue weighted by molar-refractivity contribution is 0.693. The maximum Gasteiger partial charge on any atom is 0.0786 e. The van der Waals surface area contributed by atoms with E-state index in [-0.39, 0.29) is 0 Å². The molecule has 0 saturated carbocycles. The summed E-state index contributed by atoms with van der Waals surface area (Å²) in [6, 6.07) is 8.36. The normalized spacial score (nSPS) is 11.6. The van der Waals surface area contributed by atoms with E-state index in [9.17, 15) is 0 Å². The van der Waals surface area contributed by atoms with Crippen molar-refractivity contribution in [3.8, 4) is 6.07 Å². The summed E-state index contributed by atoms with van der Waals surface area (Å²) in [5, 5.41) is 10.2. The van der Waals surface area contributed by atoms with Crippen LogP contribution in [0.25, 0.3) is 10.9 Å². The van der Waals surface area contributed by atoms with Gasteiger partial charge >= 0.3 is 0 Å². The highest BCUT2D eigenvalue weighted by Crippen LogP contribution is 2.31. The standard InChI is InChI=1S/C12H11BrN2/c1-12(2,7-14)10-6-15-11-5-8(13)3-4-9(10)11/h3-6,15H,1-2H3. The third-order valence-corrected chi connectivity index (χ3v) is 3.09. The number of hydrogen-bond donors (Lipinski definition) is 1. The van der Waals surface area contributed by atoms with E-state index in [1.165, 1.54) is 0 Å². The number of aromatic amines is 1. The predicted molar refractivity (Wildman–Crippen MR) is 64.6 cm³/mol. The van der Waals surface area contributed by atoms with Crippen molar-refractivity contribution in [2.24, 2.45) is 0 Å². The van der Waals surface area contributed by atoms with Crippen molar-refractivity contribution >= 4 is 26.8 Å². The van der Waals surface area contributed by atoms with Crippen LogP contribution < -0.4 is 0 Å². The molecule has 0 spiro atoms. The number of rotatable bonds is 1. The van der Waals surface area contributed by atoms with Gasteiger partial charge in [0.25, 0.3) is 0 Å². The minimum absolute atomic E-state index is 0.452. The summed E-state index contributed by atoms with van der Waals surface area (Å²) in [7, 11) is 0. The molecular weight excluding hydrogens is 252 g/mol. The summed E-state index contributed by atoms with van der Waals surface area (Å²) in [4.78, 5) is 3.19. The second kappa shape index (κ2) is 3.39. The molecule has 0 radical (unpaired) electrons. The summed E-state index contributed by atoms with van der Waals surface area (Å²) in [5.41, 5.74) is 1.65. The van der Waals surface area contributed by atoms with Gasteiger partial charge in [-0.3, -0.25) is 0 Å². The number of fused-ring (bicyclic) bond motifs is 1. The lowest BCUT2D eigenvalue weighted by Crippen LogP contribution is -2.12. The number of nitriles is 1. The second-order valence-corrected chi connectivity index (χ2v) is 5.04. The summed E-state index contributed by atoms with van der Waals surface area (Å²) in [6.45, 7) is 3.86. The zero-order valence-corrected chi connectivity index (χ0v) is 10.2. The van der Waals surface area contributed by atoms with E-state index in [0.717, 1.165) is 20.9 Å². The zero-order chi connectivity index (χ0) is 11.1. The number of nitrogens with one attached hydrogen (secondary N) is 1. The molecule has 2 nitrogen and oxygen atoms in total. The number of halogens is 1. The maximum atomic E-state index is 9.11. The van der Waals surface area contributed by atoms with E-state index >= 15 is 0 Å². The highest BCUT2D eigenvalue weighted by molar-refractivity contribution is 9.10. The fourth-order valence-electron chi connectivity index (χ4n) is 1.68. The molecule has 15 heavy (non-hydrogen) atoms. The van der Waals surface area contributed by atoms with Gasteiger partial charge in [0.05, 0.1) is 11.5 Å². The predicted octanol–water partition coefficient (Wildman–Crippen LogP) is 3.73. The van der Waals surface area contributed by atoms with Crippen LogP contribution in [0.3, 0.4) is 0 Å². The molecule has 0 aliphatic rings. The molecule has 0 bridgehead atoms. The van der Waals surface area contributed by atoms with Crippen molar-refractivity contribution in [2.75, 3.05) is 0 Å². The Balaban J connectivity index is 2.71. The Morgan fingerprint density at radius 1 is 1.40 bits per heavy atom. The molecule has 0 amide bonds. The van der Waals surface area contributed by atoms with Gasteiger partial charge < -0.3 is 4.98 Å². The second-order valence-electron chi connectivity index (χ2n) is 4.13. The SMILES string of the molecule is CC(C)(C#N)c1c[nH]c2cc(Br)ccc12. The molecule has 2 aromatic rings. The topological polar surface area (TPSA) is 39.6 Å². The van der Waals surface area contributed by atoms with Gasteiger partial charge in [0.2, 0.25) is 0 Å². The highest BCUT2D eigenvalue weighted by atomic mass is 79.9. The molecule has 76 valence electrons. The highest BCUT2D eigenvalue weighted by Gasteiger charge is 2.23. The van der Waals surface area contributed by atoms with Gasteiger partial charge in [0.1, 0.15) is 0 Å². The first kappa shape index (κ1) is 10.3. The van der Waals surface area contributed by atoms with Crippen molar-refractivity contribution < 1.29 is 0 Å². The van der Waals surface area contributed by atoms with Crippen LogP contribution >= 0.6 is 15.9 Å². The van der Waals surface area contributed by atoms with Gasteiger partial charge in [-0.25, -0.2) is 0 Å². The molecule has 0 aliphatic heterocycles. The molecular formula is C12H11BrN2. The number of H-pyrrole nitrogens is 1. The Labute approximate surface area is 97.0 Å². The number of hydrogen-bond acceptors (Lipinski definition) is 1. The summed E-state index contributed by atoms with van der Waals surface area (Å²) >= 11 is 3.42. The van der Waals surface area contributed by atoms with E-state index in [2.05, 4.69) is 27.0 Å². The third-order valence-electron chi connectivity index (χ3n) is 2.60. The summed E-state index contributed by atoms with van der Waals surface area (Å²) in [5.74, 6) is 0. The Morgan fingerprint density at radius 2 is 2.13 bits per heavy atom. The molecule has 1 heterocycles. The van der Waals surface area contributed by atoms with Crippen molar-refractivity contribution in [1.29, 1.82) is 5.26 Å². The third kappa shape index (κ3) is 1.66. The fourth-order valence-corrected chi connectivity index (χ4v) is 2.04. The first-order valence-corrected chi connectivity index (χ1v) is 5.52. The first-order valence-electron chi connectivity index (χ1n) is 4.73. The summed E-state index contributed by atoms with van der Waals surface area (Å²) in [6.07, 6.45) is 1.92. The van der Waals surface area contributed by atoms with Gasteiger partial charge in [0.15, 0.2) is 0 Å². The van der Waals surface area contributed by atoms with Crippen LogP contribution in [-0.4, -0.2) is 4.98 Å². The number of aromatic nitrogens is 1. The Kier molecular flexibility index (Phi) is 2.32. The van der Waals surface area contributed by atoms with Gasteiger partial charge in [-0.15, -0.1) is 0 Å². The van der Waals surface area contributed by atoms with E-state index in [4.69, 9.17) is 5.26 Å². The van der Waals surface area contributed by atoms with Gasteiger partial charge in [-0.05, 0) is 31.5 Å². The molecule has 1 aromatic carbocycles. The van der Waals surface area contributed by atoms with E-state index < -0.39 is 5.41 Å². The Morgan fingerprint density at radius 3 is 2.80 bits per heavy atom. The van der Waals surface area contributed by atoms with Crippen LogP contribution in [0.5, 0.6) is 0 Å². The average molecular weight is 263 g/mol. The smallest absolute Gasteiger partial charge is 0.0786 e. The van der Waals surface area contributed by atoms with Crippen molar-refractivity contribution in [3.05, 3.63) is 34.4 Å². The van der Waals surface area contributed by atoms with Crippen LogP contribution in [0.4, 0.5) is 0 Å². The van der Waals surface area contributed by atoms with Crippen molar-refractivity contribution in [1.82, 2.24) is 4.98 Å².